The van der Waals surface area contributed by atoms with Gasteiger partial charge in [-0.15, -0.1) is 0 Å². The van der Waals surface area contributed by atoms with Gasteiger partial charge >= 0.3 is 0 Å². The molecule has 0 aliphatic heterocycles. The molecule has 24 heavy (non-hydrogen) atoms. The fraction of sp³-hybridized carbons (Fsp3) is 0.810. The monoisotopic (exact) mass is 327 g/mol. The third-order valence-corrected chi connectivity index (χ3v) is 8.73. The Kier molecular flexibility index (Phi) is 3.52. The summed E-state index contributed by atoms with van der Waals surface area (Å²) in [5.41, 5.74) is -0.761. The minimum Gasteiger partial charge on any atom is -0.388 e. The number of ketones is 1. The van der Waals surface area contributed by atoms with Gasteiger partial charge in [0.2, 0.25) is 0 Å². The van der Waals surface area contributed by atoms with Crippen LogP contribution in [0.4, 0.5) is 0 Å². The number of hydrogen-bond donors (Lipinski definition) is 1. The van der Waals surface area contributed by atoms with Crippen LogP contribution in [0.2, 0.25) is 0 Å². The maximum absolute atomic E-state index is 11.9. The molecule has 130 valence electrons. The van der Waals surface area contributed by atoms with E-state index in [1.165, 1.54) is 6.42 Å². The van der Waals surface area contributed by atoms with E-state index < -0.39 is 5.60 Å². The van der Waals surface area contributed by atoms with E-state index in [9.17, 15) is 15.2 Å². The van der Waals surface area contributed by atoms with Crippen LogP contribution in [0, 0.1) is 45.8 Å². The summed E-state index contributed by atoms with van der Waals surface area (Å²) in [5, 5.41) is 20.4. The summed E-state index contributed by atoms with van der Waals surface area (Å²) in [5.74, 6) is 2.58. The zero-order valence-corrected chi connectivity index (χ0v) is 14.9. The quantitative estimate of drug-likeness (QED) is 0.791. The van der Waals surface area contributed by atoms with Crippen molar-refractivity contribution in [3.8, 4) is 6.07 Å². The molecular formula is C21H29NO2. The molecule has 0 aromatic carbocycles. The predicted molar refractivity (Wildman–Crippen MR) is 91.8 cm³/mol. The normalized spacial score (nSPS) is 53.0. The van der Waals surface area contributed by atoms with Crippen molar-refractivity contribution in [3.05, 3.63) is 12.2 Å². The predicted octanol–water partition coefficient (Wildman–Crippen LogP) is 4.02. The van der Waals surface area contributed by atoms with Crippen LogP contribution in [0.1, 0.15) is 65.2 Å². The van der Waals surface area contributed by atoms with Crippen LogP contribution in [-0.2, 0) is 4.79 Å². The van der Waals surface area contributed by atoms with Gasteiger partial charge in [0.25, 0.3) is 0 Å². The summed E-state index contributed by atoms with van der Waals surface area (Å²) in [6.45, 7) is 4.61. The van der Waals surface area contributed by atoms with E-state index in [1.807, 2.05) is 6.08 Å². The van der Waals surface area contributed by atoms with Crippen LogP contribution in [0.5, 0.6) is 0 Å². The first-order valence-electron chi connectivity index (χ1n) is 9.65. The number of carbonyl (C=O) groups excluding carboxylic acids is 1. The second-order valence-electron chi connectivity index (χ2n) is 9.38. The van der Waals surface area contributed by atoms with E-state index in [1.54, 1.807) is 0 Å². The lowest BCUT2D eigenvalue weighted by molar-refractivity contribution is -0.139. The Balaban J connectivity index is 1.67. The van der Waals surface area contributed by atoms with Gasteiger partial charge in [-0.25, -0.2) is 0 Å². The van der Waals surface area contributed by atoms with Crippen LogP contribution in [0.15, 0.2) is 12.2 Å². The van der Waals surface area contributed by atoms with Gasteiger partial charge in [0.05, 0.1) is 18.1 Å². The number of nitriles is 1. The first kappa shape index (κ1) is 16.3. The first-order valence-corrected chi connectivity index (χ1v) is 9.65. The molecule has 0 saturated heterocycles. The topological polar surface area (TPSA) is 61.1 Å². The molecule has 3 nitrogen and oxygen atoms in total. The van der Waals surface area contributed by atoms with E-state index in [0.29, 0.717) is 29.5 Å². The summed E-state index contributed by atoms with van der Waals surface area (Å²) in [7, 11) is 0. The van der Waals surface area contributed by atoms with Gasteiger partial charge in [-0.1, -0.05) is 19.9 Å². The highest BCUT2D eigenvalue weighted by Gasteiger charge is 2.64. The molecular weight excluding hydrogens is 298 g/mol. The Morgan fingerprint density at radius 1 is 1.21 bits per heavy atom. The lowest BCUT2D eigenvalue weighted by Crippen LogP contribution is -2.55. The van der Waals surface area contributed by atoms with Gasteiger partial charge in [0, 0.05) is 11.8 Å². The second-order valence-corrected chi connectivity index (χ2v) is 9.38. The Morgan fingerprint density at radius 2 is 1.96 bits per heavy atom. The van der Waals surface area contributed by atoms with Crippen molar-refractivity contribution in [2.45, 2.75) is 70.8 Å². The lowest BCUT2D eigenvalue weighted by atomic mass is 9.45. The van der Waals surface area contributed by atoms with Gasteiger partial charge < -0.3 is 5.11 Å². The van der Waals surface area contributed by atoms with Crippen LogP contribution in [0.3, 0.4) is 0 Å². The van der Waals surface area contributed by atoms with Crippen molar-refractivity contribution < 1.29 is 9.90 Å². The molecule has 0 aromatic rings. The minimum absolute atomic E-state index is 0.110. The summed E-state index contributed by atoms with van der Waals surface area (Å²) >= 11 is 0. The van der Waals surface area contributed by atoms with E-state index >= 15 is 0 Å². The zero-order valence-electron chi connectivity index (χ0n) is 14.9. The summed E-state index contributed by atoms with van der Waals surface area (Å²) in [6.07, 6.45) is 11.3. The van der Waals surface area contributed by atoms with E-state index in [4.69, 9.17) is 0 Å². The molecule has 0 bridgehead atoms. The van der Waals surface area contributed by atoms with Crippen molar-refractivity contribution in [2.24, 2.45) is 34.5 Å². The maximum atomic E-state index is 11.9. The van der Waals surface area contributed by atoms with Gasteiger partial charge in [-0.2, -0.15) is 5.26 Å². The molecule has 0 spiro atoms. The van der Waals surface area contributed by atoms with Crippen LogP contribution in [0.25, 0.3) is 0 Å². The van der Waals surface area contributed by atoms with Crippen molar-refractivity contribution >= 4 is 5.78 Å². The fourth-order valence-corrected chi connectivity index (χ4v) is 7.17. The molecule has 4 aliphatic rings. The van der Waals surface area contributed by atoms with E-state index in [0.717, 1.165) is 38.5 Å². The van der Waals surface area contributed by atoms with Gasteiger partial charge in [0.1, 0.15) is 0 Å². The number of aliphatic hydroxyl groups is 1. The molecule has 1 N–H and O–H groups in total. The second kappa shape index (κ2) is 5.18. The molecule has 0 amide bonds. The number of allylic oxidation sites excluding steroid dienone is 2. The molecule has 3 heteroatoms. The van der Waals surface area contributed by atoms with Gasteiger partial charge in [-0.3, -0.25) is 4.79 Å². The Labute approximate surface area is 145 Å². The number of hydrogen-bond acceptors (Lipinski definition) is 3. The average molecular weight is 327 g/mol. The Hall–Kier alpha value is -1.14. The summed E-state index contributed by atoms with van der Waals surface area (Å²) in [4.78, 5) is 11.9. The third kappa shape index (κ3) is 1.96. The van der Waals surface area contributed by atoms with Crippen LogP contribution >= 0.6 is 0 Å². The standard InChI is InChI=1S/C21H29NO2/c1-19-8-5-15(23)13-14(19)3-4-16-17(19)6-9-20(2)18(16)7-10-21(20,24)11-12-22/h5,8,14,16-18,24H,3-4,6-7,9-11,13H2,1-2H3/t14?,16-,17-,18+,19+,20+,21?/m1/s1. The molecule has 7 atom stereocenters. The lowest BCUT2D eigenvalue weighted by Gasteiger charge is -2.59. The average Bonchev–Trinajstić information content (AvgIpc) is 2.80. The fourth-order valence-electron chi connectivity index (χ4n) is 7.17. The Morgan fingerprint density at radius 3 is 2.71 bits per heavy atom. The Bertz CT molecular complexity index is 634. The van der Waals surface area contributed by atoms with Gasteiger partial charge in [-0.05, 0) is 73.7 Å². The van der Waals surface area contributed by atoms with Crippen LogP contribution < -0.4 is 0 Å². The summed E-state index contributed by atoms with van der Waals surface area (Å²) in [6, 6.07) is 2.24. The molecule has 0 radical (unpaired) electrons. The van der Waals surface area contributed by atoms with Gasteiger partial charge in [0.15, 0.2) is 5.78 Å². The zero-order chi connectivity index (χ0) is 17.2. The molecule has 3 saturated carbocycles. The molecule has 0 heterocycles. The van der Waals surface area contributed by atoms with Crippen LogP contribution in [-0.4, -0.2) is 16.5 Å². The molecule has 4 aliphatic carbocycles. The molecule has 4 rings (SSSR count). The smallest absolute Gasteiger partial charge is 0.155 e. The SMILES string of the molecule is C[C@]12C=CC(=O)CC1CC[C@@H]1[C@H]2CC[C@@]2(C)[C@H]1CCC2(O)CC#N. The molecule has 3 fully saturated rings. The van der Waals surface area contributed by atoms with Crippen molar-refractivity contribution in [1.29, 1.82) is 5.26 Å². The maximum Gasteiger partial charge on any atom is 0.155 e. The molecule has 0 aromatic heterocycles. The van der Waals surface area contributed by atoms with Crippen molar-refractivity contribution in [1.82, 2.24) is 0 Å². The van der Waals surface area contributed by atoms with Crippen molar-refractivity contribution in [2.75, 3.05) is 0 Å². The number of carbonyl (C=O) groups is 1. The highest BCUT2D eigenvalue weighted by molar-refractivity contribution is 5.91. The van der Waals surface area contributed by atoms with E-state index in [2.05, 4.69) is 26.0 Å². The molecule has 2 unspecified atom stereocenters. The number of rotatable bonds is 1. The minimum atomic E-state index is -0.798. The highest BCUT2D eigenvalue weighted by atomic mass is 16.3. The number of fused-ring (bicyclic) bond motifs is 5. The number of nitrogens with zero attached hydrogens (tertiary/aromatic N) is 1. The van der Waals surface area contributed by atoms with Crippen molar-refractivity contribution in [3.63, 3.8) is 0 Å². The van der Waals surface area contributed by atoms with E-state index in [-0.39, 0.29) is 17.3 Å². The largest absolute Gasteiger partial charge is 0.388 e. The third-order valence-electron chi connectivity index (χ3n) is 8.73. The highest BCUT2D eigenvalue weighted by Crippen LogP contribution is 2.67. The first-order chi connectivity index (χ1) is 11.3. The summed E-state index contributed by atoms with van der Waals surface area (Å²) < 4.78 is 0.